The Hall–Kier alpha value is -0.120. The van der Waals surface area contributed by atoms with Crippen molar-refractivity contribution in [3.8, 4) is 0 Å². The van der Waals surface area contributed by atoms with Crippen LogP contribution in [-0.4, -0.2) is 59.3 Å². The summed E-state index contributed by atoms with van der Waals surface area (Å²) in [5.41, 5.74) is -0.574. The molecule has 1 fully saturated rings. The molecule has 0 bridgehead atoms. The summed E-state index contributed by atoms with van der Waals surface area (Å²) in [4.78, 5) is 4.76. The Morgan fingerprint density at radius 2 is 1.64 bits per heavy atom. The number of piperazine rings is 1. The lowest BCUT2D eigenvalue weighted by Crippen LogP contribution is -2.57. The molecule has 1 aliphatic heterocycles. The molecule has 1 heterocycles. The molecule has 0 spiro atoms. The third-order valence-electron chi connectivity index (χ3n) is 3.05. The van der Waals surface area contributed by atoms with Crippen molar-refractivity contribution in [2.75, 3.05) is 26.7 Å². The summed E-state index contributed by atoms with van der Waals surface area (Å²) in [6.07, 6.45) is 0. The summed E-state index contributed by atoms with van der Waals surface area (Å²) in [6.45, 7) is 11.1. The third-order valence-corrected chi connectivity index (χ3v) is 3.05. The van der Waals surface area contributed by atoms with Gasteiger partial charge in [0.1, 0.15) is 0 Å². The van der Waals surface area contributed by atoms with Gasteiger partial charge in [-0.25, -0.2) is 0 Å². The Labute approximate surface area is 87.7 Å². The molecule has 0 saturated carbocycles. The Kier molecular flexibility index (Phi) is 3.56. The van der Waals surface area contributed by atoms with E-state index in [1.165, 1.54) is 0 Å². The zero-order valence-electron chi connectivity index (χ0n) is 10.1. The van der Waals surface area contributed by atoms with Gasteiger partial charge < -0.3 is 5.11 Å². The van der Waals surface area contributed by atoms with Crippen LogP contribution in [0.3, 0.4) is 0 Å². The molecular formula is C11H24N2O. The van der Waals surface area contributed by atoms with Crippen molar-refractivity contribution in [3.05, 3.63) is 0 Å². The van der Waals surface area contributed by atoms with Crippen molar-refractivity contribution in [2.45, 2.75) is 45.4 Å². The van der Waals surface area contributed by atoms with E-state index in [0.717, 1.165) is 19.6 Å². The van der Waals surface area contributed by atoms with Gasteiger partial charge in [0.25, 0.3) is 0 Å². The van der Waals surface area contributed by atoms with Crippen molar-refractivity contribution >= 4 is 0 Å². The minimum absolute atomic E-state index is 0.574. The van der Waals surface area contributed by atoms with Crippen LogP contribution in [0.4, 0.5) is 0 Å². The SMILES string of the molecule is CC1CN(CC(C)(C)O)CC(C)N1C. The molecule has 0 aromatic rings. The number of rotatable bonds is 2. The van der Waals surface area contributed by atoms with Gasteiger partial charge in [0.2, 0.25) is 0 Å². The maximum Gasteiger partial charge on any atom is 0.0718 e. The van der Waals surface area contributed by atoms with Crippen LogP contribution < -0.4 is 0 Å². The fraction of sp³-hybridized carbons (Fsp3) is 1.00. The third kappa shape index (κ3) is 3.23. The van der Waals surface area contributed by atoms with Crippen molar-refractivity contribution in [1.82, 2.24) is 9.80 Å². The molecule has 1 saturated heterocycles. The Balaban J connectivity index is 2.50. The highest BCUT2D eigenvalue weighted by molar-refractivity contribution is 4.85. The predicted molar refractivity (Wildman–Crippen MR) is 59.4 cm³/mol. The maximum absolute atomic E-state index is 9.75. The first-order valence-electron chi connectivity index (χ1n) is 5.46. The van der Waals surface area contributed by atoms with Crippen LogP contribution in [0.2, 0.25) is 0 Å². The van der Waals surface area contributed by atoms with Crippen LogP contribution in [0, 0.1) is 0 Å². The van der Waals surface area contributed by atoms with E-state index in [0.29, 0.717) is 12.1 Å². The van der Waals surface area contributed by atoms with Crippen LogP contribution in [0.25, 0.3) is 0 Å². The smallest absolute Gasteiger partial charge is 0.0718 e. The monoisotopic (exact) mass is 200 g/mol. The van der Waals surface area contributed by atoms with Crippen molar-refractivity contribution in [3.63, 3.8) is 0 Å². The van der Waals surface area contributed by atoms with Gasteiger partial charge in [0.05, 0.1) is 5.60 Å². The molecule has 0 radical (unpaired) electrons. The van der Waals surface area contributed by atoms with Crippen LogP contribution >= 0.6 is 0 Å². The molecule has 2 unspecified atom stereocenters. The quantitative estimate of drug-likeness (QED) is 0.713. The second-order valence-corrected chi connectivity index (χ2v) is 5.37. The molecule has 84 valence electrons. The number of aliphatic hydroxyl groups is 1. The lowest BCUT2D eigenvalue weighted by atomic mass is 10.1. The zero-order chi connectivity index (χ0) is 10.9. The van der Waals surface area contributed by atoms with Gasteiger partial charge in [0, 0.05) is 31.7 Å². The number of hydrogen-bond acceptors (Lipinski definition) is 3. The van der Waals surface area contributed by atoms with Gasteiger partial charge in [-0.3, -0.25) is 9.80 Å². The van der Waals surface area contributed by atoms with E-state index in [4.69, 9.17) is 0 Å². The maximum atomic E-state index is 9.75. The number of nitrogens with zero attached hydrogens (tertiary/aromatic N) is 2. The average Bonchev–Trinajstić information content (AvgIpc) is 1.96. The summed E-state index contributed by atoms with van der Waals surface area (Å²) >= 11 is 0. The van der Waals surface area contributed by atoms with E-state index in [1.54, 1.807) is 0 Å². The lowest BCUT2D eigenvalue weighted by Gasteiger charge is -2.44. The molecule has 0 aliphatic carbocycles. The van der Waals surface area contributed by atoms with E-state index in [-0.39, 0.29) is 0 Å². The molecule has 3 nitrogen and oxygen atoms in total. The van der Waals surface area contributed by atoms with Gasteiger partial charge in [-0.1, -0.05) is 0 Å². The van der Waals surface area contributed by atoms with E-state index in [2.05, 4.69) is 30.7 Å². The molecule has 0 amide bonds. The first-order valence-corrected chi connectivity index (χ1v) is 5.46. The Bertz CT molecular complexity index is 176. The average molecular weight is 200 g/mol. The lowest BCUT2D eigenvalue weighted by molar-refractivity contribution is -0.00681. The molecule has 0 aromatic heterocycles. The minimum Gasteiger partial charge on any atom is -0.389 e. The van der Waals surface area contributed by atoms with E-state index in [9.17, 15) is 5.11 Å². The first-order chi connectivity index (χ1) is 6.29. The zero-order valence-corrected chi connectivity index (χ0v) is 10.1. The largest absolute Gasteiger partial charge is 0.389 e. The molecule has 1 rings (SSSR count). The highest BCUT2D eigenvalue weighted by Gasteiger charge is 2.29. The highest BCUT2D eigenvalue weighted by Crippen LogP contribution is 2.15. The van der Waals surface area contributed by atoms with Gasteiger partial charge in [-0.05, 0) is 34.7 Å². The van der Waals surface area contributed by atoms with E-state index in [1.807, 2.05) is 13.8 Å². The standard InChI is InChI=1S/C11H24N2O/c1-9-6-13(8-11(3,4)14)7-10(2)12(9)5/h9-10,14H,6-8H2,1-5H3. The molecular weight excluding hydrogens is 176 g/mol. The molecule has 1 aliphatic rings. The summed E-state index contributed by atoms with van der Waals surface area (Å²) < 4.78 is 0. The van der Waals surface area contributed by atoms with E-state index >= 15 is 0 Å². The van der Waals surface area contributed by atoms with Crippen molar-refractivity contribution in [1.29, 1.82) is 0 Å². The van der Waals surface area contributed by atoms with Crippen LogP contribution in [0.5, 0.6) is 0 Å². The van der Waals surface area contributed by atoms with Gasteiger partial charge in [0.15, 0.2) is 0 Å². The molecule has 3 heteroatoms. The predicted octanol–water partition coefficient (Wildman–Crippen LogP) is 0.782. The summed E-state index contributed by atoms with van der Waals surface area (Å²) in [6, 6.07) is 1.17. The van der Waals surface area contributed by atoms with E-state index < -0.39 is 5.60 Å². The number of hydrogen-bond donors (Lipinski definition) is 1. The minimum atomic E-state index is -0.574. The van der Waals surface area contributed by atoms with Crippen LogP contribution in [-0.2, 0) is 0 Å². The van der Waals surface area contributed by atoms with Gasteiger partial charge >= 0.3 is 0 Å². The summed E-state index contributed by atoms with van der Waals surface area (Å²) in [5, 5.41) is 9.75. The fourth-order valence-electron chi connectivity index (χ4n) is 2.19. The van der Waals surface area contributed by atoms with Crippen LogP contribution in [0.15, 0.2) is 0 Å². The Morgan fingerprint density at radius 1 is 1.21 bits per heavy atom. The Morgan fingerprint density at radius 3 is 2.00 bits per heavy atom. The fourth-order valence-corrected chi connectivity index (χ4v) is 2.19. The van der Waals surface area contributed by atoms with Gasteiger partial charge in [-0.15, -0.1) is 0 Å². The van der Waals surface area contributed by atoms with Gasteiger partial charge in [-0.2, -0.15) is 0 Å². The molecule has 0 aromatic carbocycles. The second kappa shape index (κ2) is 4.17. The van der Waals surface area contributed by atoms with Crippen molar-refractivity contribution < 1.29 is 5.11 Å². The first kappa shape index (κ1) is 12.0. The molecule has 2 atom stereocenters. The number of β-amino-alcohol motifs (C(OH)–C–C–N with tert-alkyl or cyclic N) is 1. The van der Waals surface area contributed by atoms with Crippen LogP contribution in [0.1, 0.15) is 27.7 Å². The second-order valence-electron chi connectivity index (χ2n) is 5.37. The highest BCUT2D eigenvalue weighted by atomic mass is 16.3. The molecule has 14 heavy (non-hydrogen) atoms. The normalized spacial score (nSPS) is 32.1. The topological polar surface area (TPSA) is 26.7 Å². The summed E-state index contributed by atoms with van der Waals surface area (Å²) in [7, 11) is 2.18. The number of likely N-dealkylation sites (N-methyl/N-ethyl adjacent to an activating group) is 1. The van der Waals surface area contributed by atoms with Crippen molar-refractivity contribution in [2.24, 2.45) is 0 Å². The molecule has 1 N–H and O–H groups in total. The summed E-state index contributed by atoms with van der Waals surface area (Å²) in [5.74, 6) is 0.